The summed E-state index contributed by atoms with van der Waals surface area (Å²) < 4.78 is 10.7. The Kier molecular flexibility index (Phi) is 3.31. The predicted octanol–water partition coefficient (Wildman–Crippen LogP) is 2.38. The van der Waals surface area contributed by atoms with Crippen LogP contribution in [0.3, 0.4) is 0 Å². The number of carbonyl (C=O) groups is 1. The second kappa shape index (κ2) is 4.28. The summed E-state index contributed by atoms with van der Waals surface area (Å²) in [7, 11) is 1.52. The molecular weight excluding hydrogens is 236 g/mol. The van der Waals surface area contributed by atoms with Gasteiger partial charge in [-0.25, -0.2) is 0 Å². The van der Waals surface area contributed by atoms with Crippen molar-refractivity contribution in [3.63, 3.8) is 0 Å². The normalized spacial score (nSPS) is 9.46. The molecule has 0 unspecified atom stereocenters. The van der Waals surface area contributed by atoms with Crippen LogP contribution in [0.15, 0.2) is 22.7 Å². The van der Waals surface area contributed by atoms with Crippen molar-refractivity contribution in [1.29, 1.82) is 0 Å². The zero-order valence-corrected chi connectivity index (χ0v) is 8.92. The van der Waals surface area contributed by atoms with Crippen molar-refractivity contribution in [2.75, 3.05) is 7.11 Å². The molecule has 0 fully saturated rings. The van der Waals surface area contributed by atoms with Crippen molar-refractivity contribution >= 4 is 21.9 Å². The zero-order chi connectivity index (χ0) is 9.84. The Morgan fingerprint density at radius 1 is 1.46 bits per heavy atom. The summed E-state index contributed by atoms with van der Waals surface area (Å²) in [5.74, 6) is 0.582. The van der Waals surface area contributed by atoms with Crippen LogP contribution in [0.1, 0.15) is 6.92 Å². The first-order valence-electron chi connectivity index (χ1n) is 3.66. The van der Waals surface area contributed by atoms with Crippen LogP contribution in [-0.4, -0.2) is 13.1 Å². The number of carbonyl (C=O) groups excluding carboxylic acids is 1. The van der Waals surface area contributed by atoms with E-state index in [1.165, 1.54) is 14.0 Å². The van der Waals surface area contributed by atoms with E-state index in [2.05, 4.69) is 15.9 Å². The van der Waals surface area contributed by atoms with Crippen LogP contribution < -0.4 is 9.47 Å². The standard InChI is InChI=1S/C9H9BrO3/c1-6(11)13-8-5-3-4-7(10)9(8)12-2/h3-5H,1-2H3. The Labute approximate surface area is 84.8 Å². The smallest absolute Gasteiger partial charge is 0.308 e. The summed E-state index contributed by atoms with van der Waals surface area (Å²) in [6.07, 6.45) is 0. The molecule has 4 heteroatoms. The molecule has 0 saturated heterocycles. The summed E-state index contributed by atoms with van der Waals surface area (Å²) >= 11 is 3.28. The lowest BCUT2D eigenvalue weighted by Crippen LogP contribution is -2.03. The molecular formula is C9H9BrO3. The van der Waals surface area contributed by atoms with Crippen molar-refractivity contribution in [2.45, 2.75) is 6.92 Å². The lowest BCUT2D eigenvalue weighted by molar-refractivity contribution is -0.132. The topological polar surface area (TPSA) is 35.5 Å². The summed E-state index contributed by atoms with van der Waals surface area (Å²) in [6.45, 7) is 1.35. The zero-order valence-electron chi connectivity index (χ0n) is 7.33. The van der Waals surface area contributed by atoms with Gasteiger partial charge < -0.3 is 9.47 Å². The first kappa shape index (κ1) is 10.1. The number of para-hydroxylation sites is 1. The highest BCUT2D eigenvalue weighted by Gasteiger charge is 2.09. The minimum absolute atomic E-state index is 0.364. The Balaban J connectivity index is 3.05. The van der Waals surface area contributed by atoms with E-state index in [0.717, 1.165) is 4.47 Å². The van der Waals surface area contributed by atoms with Gasteiger partial charge in [-0.3, -0.25) is 4.79 Å². The van der Waals surface area contributed by atoms with Gasteiger partial charge in [0.05, 0.1) is 11.6 Å². The summed E-state index contributed by atoms with van der Waals surface area (Å²) in [5.41, 5.74) is 0. The molecule has 0 atom stereocenters. The van der Waals surface area contributed by atoms with Crippen molar-refractivity contribution in [2.24, 2.45) is 0 Å². The maximum absolute atomic E-state index is 10.7. The number of halogens is 1. The number of rotatable bonds is 2. The third-order valence-corrected chi connectivity index (χ3v) is 2.01. The van der Waals surface area contributed by atoms with Crippen LogP contribution in [0, 0.1) is 0 Å². The van der Waals surface area contributed by atoms with E-state index in [1.54, 1.807) is 12.1 Å². The molecule has 0 aliphatic carbocycles. The molecule has 0 bridgehead atoms. The summed E-state index contributed by atoms with van der Waals surface area (Å²) in [4.78, 5) is 10.7. The quantitative estimate of drug-likeness (QED) is 0.592. The van der Waals surface area contributed by atoms with Gasteiger partial charge in [-0.1, -0.05) is 6.07 Å². The molecule has 1 rings (SSSR count). The molecule has 0 aliphatic heterocycles. The summed E-state index contributed by atoms with van der Waals surface area (Å²) in [5, 5.41) is 0. The lowest BCUT2D eigenvalue weighted by atomic mass is 10.3. The maximum Gasteiger partial charge on any atom is 0.308 e. The second-order valence-corrected chi connectivity index (χ2v) is 3.22. The molecule has 13 heavy (non-hydrogen) atoms. The molecule has 1 aromatic carbocycles. The largest absolute Gasteiger partial charge is 0.492 e. The fourth-order valence-corrected chi connectivity index (χ4v) is 1.43. The molecule has 70 valence electrons. The van der Waals surface area contributed by atoms with Gasteiger partial charge in [-0.2, -0.15) is 0 Å². The Morgan fingerprint density at radius 3 is 2.69 bits per heavy atom. The number of benzene rings is 1. The van der Waals surface area contributed by atoms with E-state index < -0.39 is 0 Å². The number of hydrogen-bond acceptors (Lipinski definition) is 3. The van der Waals surface area contributed by atoms with Gasteiger partial charge in [0.1, 0.15) is 0 Å². The maximum atomic E-state index is 10.7. The van der Waals surface area contributed by atoms with Gasteiger partial charge in [0.2, 0.25) is 0 Å². The highest BCUT2D eigenvalue weighted by Crippen LogP contribution is 2.34. The molecule has 0 spiro atoms. The minimum atomic E-state index is -0.364. The minimum Gasteiger partial charge on any atom is -0.492 e. The van der Waals surface area contributed by atoms with Crippen LogP contribution in [0.25, 0.3) is 0 Å². The third-order valence-electron chi connectivity index (χ3n) is 1.39. The van der Waals surface area contributed by atoms with Crippen LogP contribution in [0.4, 0.5) is 0 Å². The Hall–Kier alpha value is -1.03. The average molecular weight is 245 g/mol. The van der Waals surface area contributed by atoms with Crippen LogP contribution in [0.2, 0.25) is 0 Å². The van der Waals surface area contributed by atoms with Crippen LogP contribution in [0.5, 0.6) is 11.5 Å². The van der Waals surface area contributed by atoms with Crippen molar-refractivity contribution in [1.82, 2.24) is 0 Å². The molecule has 1 aromatic rings. The van der Waals surface area contributed by atoms with Crippen LogP contribution in [-0.2, 0) is 4.79 Å². The van der Waals surface area contributed by atoms with Gasteiger partial charge in [-0.15, -0.1) is 0 Å². The molecule has 0 aliphatic rings. The van der Waals surface area contributed by atoms with Gasteiger partial charge in [0, 0.05) is 6.92 Å². The average Bonchev–Trinajstić information content (AvgIpc) is 2.03. The van der Waals surface area contributed by atoms with E-state index in [0.29, 0.717) is 11.5 Å². The number of hydrogen-bond donors (Lipinski definition) is 0. The first-order valence-corrected chi connectivity index (χ1v) is 4.45. The van der Waals surface area contributed by atoms with Crippen molar-refractivity contribution in [3.05, 3.63) is 22.7 Å². The third kappa shape index (κ3) is 2.45. The summed E-state index contributed by atoms with van der Waals surface area (Å²) in [6, 6.07) is 5.25. The van der Waals surface area contributed by atoms with Crippen molar-refractivity contribution < 1.29 is 14.3 Å². The molecule has 0 saturated carbocycles. The van der Waals surface area contributed by atoms with E-state index in [-0.39, 0.29) is 5.97 Å². The monoisotopic (exact) mass is 244 g/mol. The Bertz CT molecular complexity index is 323. The van der Waals surface area contributed by atoms with Crippen molar-refractivity contribution in [3.8, 4) is 11.5 Å². The molecule has 0 amide bonds. The van der Waals surface area contributed by atoms with E-state index in [9.17, 15) is 4.79 Å². The SMILES string of the molecule is COc1c(Br)cccc1OC(C)=O. The van der Waals surface area contributed by atoms with Gasteiger partial charge in [-0.05, 0) is 28.1 Å². The van der Waals surface area contributed by atoms with Gasteiger partial charge in [0.25, 0.3) is 0 Å². The number of esters is 1. The predicted molar refractivity (Wildman–Crippen MR) is 52.0 cm³/mol. The molecule has 0 heterocycles. The fraction of sp³-hybridized carbons (Fsp3) is 0.222. The van der Waals surface area contributed by atoms with E-state index in [1.807, 2.05) is 6.07 Å². The molecule has 0 N–H and O–H groups in total. The lowest BCUT2D eigenvalue weighted by Gasteiger charge is -2.08. The number of methoxy groups -OCH3 is 1. The van der Waals surface area contributed by atoms with Gasteiger partial charge in [0.15, 0.2) is 11.5 Å². The number of ether oxygens (including phenoxy) is 2. The molecule has 3 nitrogen and oxygen atoms in total. The van der Waals surface area contributed by atoms with Crippen LogP contribution >= 0.6 is 15.9 Å². The highest BCUT2D eigenvalue weighted by atomic mass is 79.9. The Morgan fingerprint density at radius 2 is 2.15 bits per heavy atom. The van der Waals surface area contributed by atoms with E-state index >= 15 is 0 Å². The fourth-order valence-electron chi connectivity index (χ4n) is 0.922. The highest BCUT2D eigenvalue weighted by molar-refractivity contribution is 9.10. The van der Waals surface area contributed by atoms with E-state index in [4.69, 9.17) is 9.47 Å². The second-order valence-electron chi connectivity index (χ2n) is 2.36. The van der Waals surface area contributed by atoms with Gasteiger partial charge >= 0.3 is 5.97 Å². The molecule has 0 radical (unpaired) electrons. The first-order chi connectivity index (χ1) is 6.15. The molecule has 0 aromatic heterocycles.